The van der Waals surface area contributed by atoms with E-state index in [-0.39, 0.29) is 23.8 Å². The minimum atomic E-state index is -0.470. The Bertz CT molecular complexity index is 717. The first-order valence-electron chi connectivity index (χ1n) is 7.69. The lowest BCUT2D eigenvalue weighted by atomic mass is 10.1. The average Bonchev–Trinajstić information content (AvgIpc) is 2.60. The van der Waals surface area contributed by atoms with Crippen LogP contribution in [0.25, 0.3) is 0 Å². The van der Waals surface area contributed by atoms with E-state index < -0.39 is 5.91 Å². The van der Waals surface area contributed by atoms with Crippen molar-refractivity contribution in [3.8, 4) is 5.75 Å². The molecule has 2 amide bonds. The van der Waals surface area contributed by atoms with Crippen molar-refractivity contribution in [1.29, 1.82) is 0 Å². The molecule has 0 unspecified atom stereocenters. The molecule has 126 valence electrons. The number of carbonyl (C=O) groups is 2. The van der Waals surface area contributed by atoms with Crippen LogP contribution in [0.4, 0.5) is 0 Å². The van der Waals surface area contributed by atoms with Gasteiger partial charge in [-0.15, -0.1) is 0 Å². The van der Waals surface area contributed by atoms with Crippen LogP contribution < -0.4 is 5.32 Å². The van der Waals surface area contributed by atoms with E-state index in [0.29, 0.717) is 18.5 Å². The van der Waals surface area contributed by atoms with E-state index in [1.54, 1.807) is 37.2 Å². The summed E-state index contributed by atoms with van der Waals surface area (Å²) in [5.41, 5.74) is 1.69. The van der Waals surface area contributed by atoms with Crippen LogP contribution in [0.3, 0.4) is 0 Å². The number of para-hydroxylation sites is 1. The van der Waals surface area contributed by atoms with Gasteiger partial charge in [0.05, 0.1) is 12.1 Å². The fourth-order valence-corrected chi connectivity index (χ4v) is 2.18. The Morgan fingerprint density at radius 1 is 1.21 bits per heavy atom. The molecule has 6 heteroatoms. The van der Waals surface area contributed by atoms with Crippen LogP contribution in [0.5, 0.6) is 5.75 Å². The van der Waals surface area contributed by atoms with E-state index >= 15 is 0 Å². The number of aromatic hydroxyl groups is 1. The largest absolute Gasteiger partial charge is 0.507 e. The highest BCUT2D eigenvalue weighted by atomic mass is 16.3. The topological polar surface area (TPSA) is 82.5 Å². The molecule has 0 aliphatic rings. The van der Waals surface area contributed by atoms with E-state index in [1.165, 1.54) is 6.07 Å². The van der Waals surface area contributed by atoms with Crippen LogP contribution in [-0.2, 0) is 11.2 Å². The maximum Gasteiger partial charge on any atom is 0.255 e. The lowest BCUT2D eigenvalue weighted by molar-refractivity contribution is -0.128. The Labute approximate surface area is 141 Å². The molecule has 2 aromatic rings. The number of nitrogens with one attached hydrogen (secondary N) is 1. The second-order valence-electron chi connectivity index (χ2n) is 5.54. The maximum atomic E-state index is 12.1. The number of phenolic OH excluding ortho intramolecular Hbond substituents is 1. The zero-order chi connectivity index (χ0) is 17.5. The van der Waals surface area contributed by atoms with Gasteiger partial charge in [-0.1, -0.05) is 18.2 Å². The summed E-state index contributed by atoms with van der Waals surface area (Å²) >= 11 is 0. The molecule has 24 heavy (non-hydrogen) atoms. The van der Waals surface area contributed by atoms with Crippen molar-refractivity contribution in [1.82, 2.24) is 15.2 Å². The predicted octanol–water partition coefficient (Wildman–Crippen LogP) is 1.53. The van der Waals surface area contributed by atoms with Crippen molar-refractivity contribution in [2.45, 2.75) is 13.3 Å². The molecule has 0 saturated carbocycles. The van der Waals surface area contributed by atoms with Crippen molar-refractivity contribution in [3.05, 3.63) is 59.4 Å². The number of amides is 2. The molecule has 6 nitrogen and oxygen atoms in total. The number of pyridine rings is 1. The molecule has 1 aromatic carbocycles. The molecule has 2 N–H and O–H groups in total. The van der Waals surface area contributed by atoms with Gasteiger partial charge in [0.1, 0.15) is 5.75 Å². The molecular weight excluding hydrogens is 306 g/mol. The molecule has 0 aliphatic carbocycles. The predicted molar refractivity (Wildman–Crippen MR) is 90.8 cm³/mol. The molecule has 0 bridgehead atoms. The number of aromatic nitrogens is 1. The van der Waals surface area contributed by atoms with Crippen molar-refractivity contribution in [2.75, 3.05) is 20.1 Å². The Morgan fingerprint density at radius 2 is 2.00 bits per heavy atom. The Balaban J connectivity index is 1.83. The highest BCUT2D eigenvalue weighted by Crippen LogP contribution is 2.20. The number of hydrogen-bond acceptors (Lipinski definition) is 4. The van der Waals surface area contributed by atoms with E-state index in [9.17, 15) is 14.7 Å². The minimum absolute atomic E-state index is 0.0639. The highest BCUT2D eigenvalue weighted by molar-refractivity contribution is 5.98. The summed E-state index contributed by atoms with van der Waals surface area (Å²) in [5.74, 6) is -0.736. The molecule has 0 aliphatic heterocycles. The summed E-state index contributed by atoms with van der Waals surface area (Å²) in [4.78, 5) is 29.9. The summed E-state index contributed by atoms with van der Waals surface area (Å²) in [6.45, 7) is 2.11. The zero-order valence-electron chi connectivity index (χ0n) is 13.8. The number of phenols is 1. The average molecular weight is 327 g/mol. The number of hydrogen-bond donors (Lipinski definition) is 2. The van der Waals surface area contributed by atoms with Gasteiger partial charge in [0.25, 0.3) is 5.91 Å². The summed E-state index contributed by atoms with van der Waals surface area (Å²) in [6.07, 6.45) is 2.36. The van der Waals surface area contributed by atoms with Gasteiger partial charge in [0, 0.05) is 31.9 Å². The van der Waals surface area contributed by atoms with E-state index in [1.807, 2.05) is 18.2 Å². The Hall–Kier alpha value is -2.89. The molecule has 2 rings (SSSR count). The normalized spacial score (nSPS) is 10.2. The van der Waals surface area contributed by atoms with Crippen molar-refractivity contribution < 1.29 is 14.7 Å². The Kier molecular flexibility index (Phi) is 5.89. The third-order valence-electron chi connectivity index (χ3n) is 3.74. The van der Waals surface area contributed by atoms with E-state index in [4.69, 9.17) is 0 Å². The first kappa shape index (κ1) is 17.5. The molecule has 0 radical (unpaired) electrons. The number of likely N-dealkylation sites (N-methyl/N-ethyl adjacent to an activating group) is 1. The fraction of sp³-hybridized carbons (Fsp3) is 0.278. The SMILES string of the molecule is Cc1cccc(C(=O)NCC(=O)N(C)CCc2ccccn2)c1O. The van der Waals surface area contributed by atoms with Crippen LogP contribution in [0.15, 0.2) is 42.6 Å². The third-order valence-corrected chi connectivity index (χ3v) is 3.74. The zero-order valence-corrected chi connectivity index (χ0v) is 13.8. The van der Waals surface area contributed by atoms with Crippen LogP contribution in [0, 0.1) is 6.92 Å². The quantitative estimate of drug-likeness (QED) is 0.843. The number of benzene rings is 1. The van der Waals surface area contributed by atoms with Gasteiger partial charge < -0.3 is 15.3 Å². The molecule has 0 fully saturated rings. The summed E-state index contributed by atoms with van der Waals surface area (Å²) in [7, 11) is 1.68. The van der Waals surface area contributed by atoms with Gasteiger partial charge in [-0.3, -0.25) is 14.6 Å². The smallest absolute Gasteiger partial charge is 0.255 e. The standard InChI is InChI=1S/C18H21N3O3/c1-13-6-5-8-15(17(13)23)18(24)20-12-16(22)21(2)11-9-14-7-3-4-10-19-14/h3-8,10,23H,9,11-12H2,1-2H3,(H,20,24). The minimum Gasteiger partial charge on any atom is -0.507 e. The maximum absolute atomic E-state index is 12.1. The van der Waals surface area contributed by atoms with Gasteiger partial charge in [-0.25, -0.2) is 0 Å². The first-order valence-corrected chi connectivity index (χ1v) is 7.69. The van der Waals surface area contributed by atoms with Gasteiger partial charge in [-0.05, 0) is 30.7 Å². The lowest BCUT2D eigenvalue weighted by Crippen LogP contribution is -2.39. The molecule has 1 aromatic heterocycles. The summed E-state index contributed by atoms with van der Waals surface area (Å²) in [5, 5.41) is 12.4. The highest BCUT2D eigenvalue weighted by Gasteiger charge is 2.15. The Morgan fingerprint density at radius 3 is 2.71 bits per heavy atom. The van der Waals surface area contributed by atoms with Crippen molar-refractivity contribution in [2.24, 2.45) is 0 Å². The van der Waals surface area contributed by atoms with Crippen molar-refractivity contribution >= 4 is 11.8 Å². The number of nitrogens with zero attached hydrogens (tertiary/aromatic N) is 2. The summed E-state index contributed by atoms with van der Waals surface area (Å²) < 4.78 is 0. The molecule has 0 saturated heterocycles. The van der Waals surface area contributed by atoms with Crippen LogP contribution in [-0.4, -0.2) is 46.9 Å². The second kappa shape index (κ2) is 8.10. The van der Waals surface area contributed by atoms with Crippen molar-refractivity contribution in [3.63, 3.8) is 0 Å². The number of rotatable bonds is 6. The summed E-state index contributed by atoms with van der Waals surface area (Å²) in [6, 6.07) is 10.6. The second-order valence-corrected chi connectivity index (χ2v) is 5.54. The molecule has 0 spiro atoms. The van der Waals surface area contributed by atoms with Crippen LogP contribution in [0.1, 0.15) is 21.6 Å². The van der Waals surface area contributed by atoms with E-state index in [2.05, 4.69) is 10.3 Å². The molecule has 0 atom stereocenters. The van der Waals surface area contributed by atoms with Gasteiger partial charge in [0.2, 0.25) is 5.91 Å². The van der Waals surface area contributed by atoms with E-state index in [0.717, 1.165) is 5.69 Å². The monoisotopic (exact) mass is 327 g/mol. The van der Waals surface area contributed by atoms with Crippen LogP contribution >= 0.6 is 0 Å². The molecular formula is C18H21N3O3. The van der Waals surface area contributed by atoms with Gasteiger partial charge in [-0.2, -0.15) is 0 Å². The van der Waals surface area contributed by atoms with Crippen LogP contribution in [0.2, 0.25) is 0 Å². The fourth-order valence-electron chi connectivity index (χ4n) is 2.18. The van der Waals surface area contributed by atoms with Gasteiger partial charge in [0.15, 0.2) is 0 Å². The first-order chi connectivity index (χ1) is 11.5. The third kappa shape index (κ3) is 4.55. The van der Waals surface area contributed by atoms with Gasteiger partial charge >= 0.3 is 0 Å². The lowest BCUT2D eigenvalue weighted by Gasteiger charge is -2.17. The number of aryl methyl sites for hydroxylation is 1. The number of carbonyl (C=O) groups excluding carboxylic acids is 2. The molecule has 1 heterocycles.